The Labute approximate surface area is 128 Å². The summed E-state index contributed by atoms with van der Waals surface area (Å²) in [4.78, 5) is 12.8. The van der Waals surface area contributed by atoms with Gasteiger partial charge in [0.2, 0.25) is 0 Å². The maximum Gasteiger partial charge on any atom is 0.176 e. The van der Waals surface area contributed by atoms with Crippen molar-refractivity contribution < 1.29 is 9.00 Å². The summed E-state index contributed by atoms with van der Waals surface area (Å²) in [5, 5.41) is 0. The largest absolute Gasteiger partial charge is 0.293 e. The molecule has 0 fully saturated rings. The molecule has 0 N–H and O–H groups in total. The molecule has 0 bridgehead atoms. The second-order valence-electron chi connectivity index (χ2n) is 4.21. The van der Waals surface area contributed by atoms with E-state index < -0.39 is 10.8 Å². The number of aryl methyl sites for hydroxylation is 1. The Morgan fingerprint density at radius 1 is 1.11 bits per heavy atom. The number of carbonyl (C=O) groups excluding carboxylic acids is 1. The number of carbonyl (C=O) groups is 1. The molecule has 0 spiro atoms. The SMILES string of the molecule is Cc1ccc(S(=O)CC(=O)c2ccccc2I)cc1. The first-order valence-electron chi connectivity index (χ1n) is 5.80. The fourth-order valence-electron chi connectivity index (χ4n) is 1.66. The van der Waals surface area contributed by atoms with Crippen LogP contribution in [-0.2, 0) is 10.8 Å². The predicted octanol–water partition coefficient (Wildman–Crippen LogP) is 3.59. The van der Waals surface area contributed by atoms with E-state index in [0.717, 1.165) is 9.13 Å². The molecule has 1 atom stereocenters. The molecule has 0 amide bonds. The number of Topliss-reactive ketones (excluding diaryl/α,β-unsaturated/α-hetero) is 1. The van der Waals surface area contributed by atoms with Crippen molar-refractivity contribution in [1.29, 1.82) is 0 Å². The average Bonchev–Trinajstić information content (AvgIpc) is 2.39. The van der Waals surface area contributed by atoms with Crippen LogP contribution in [0, 0.1) is 10.5 Å². The lowest BCUT2D eigenvalue weighted by Gasteiger charge is -2.04. The van der Waals surface area contributed by atoms with Crippen LogP contribution in [0.15, 0.2) is 53.4 Å². The van der Waals surface area contributed by atoms with E-state index in [1.807, 2.05) is 49.4 Å². The van der Waals surface area contributed by atoms with Gasteiger partial charge in [0.1, 0.15) is 0 Å². The Balaban J connectivity index is 2.13. The predicted molar refractivity (Wildman–Crippen MR) is 85.9 cm³/mol. The highest BCUT2D eigenvalue weighted by molar-refractivity contribution is 14.1. The Morgan fingerprint density at radius 2 is 1.74 bits per heavy atom. The topological polar surface area (TPSA) is 34.1 Å². The quantitative estimate of drug-likeness (QED) is 0.597. The molecule has 2 rings (SSSR count). The van der Waals surface area contributed by atoms with Crippen molar-refractivity contribution in [2.75, 3.05) is 5.75 Å². The van der Waals surface area contributed by atoms with Gasteiger partial charge in [0.05, 0.1) is 16.6 Å². The summed E-state index contributed by atoms with van der Waals surface area (Å²) in [6.45, 7) is 1.98. The van der Waals surface area contributed by atoms with Crippen molar-refractivity contribution in [1.82, 2.24) is 0 Å². The second-order valence-corrected chi connectivity index (χ2v) is 6.82. The fourth-order valence-corrected chi connectivity index (χ4v) is 3.35. The molecule has 0 aliphatic heterocycles. The minimum Gasteiger partial charge on any atom is -0.293 e. The Bertz CT molecular complexity index is 620. The van der Waals surface area contributed by atoms with E-state index >= 15 is 0 Å². The maximum atomic E-state index is 12.1. The van der Waals surface area contributed by atoms with Gasteiger partial charge < -0.3 is 0 Å². The summed E-state index contributed by atoms with van der Waals surface area (Å²) in [5.74, 6) is -0.0489. The van der Waals surface area contributed by atoms with Gasteiger partial charge in [-0.25, -0.2) is 0 Å². The minimum absolute atomic E-state index is 0.0308. The standard InChI is InChI=1S/C15H13IO2S/c1-11-6-8-12(9-7-11)19(18)10-15(17)13-4-2-3-5-14(13)16/h2-9H,10H2,1H3. The van der Waals surface area contributed by atoms with Crippen LogP contribution in [0.2, 0.25) is 0 Å². The molecule has 0 saturated heterocycles. The first kappa shape index (κ1) is 14.4. The summed E-state index contributed by atoms with van der Waals surface area (Å²) in [5.41, 5.74) is 1.76. The molecule has 0 aliphatic rings. The van der Waals surface area contributed by atoms with E-state index in [1.165, 1.54) is 0 Å². The number of rotatable bonds is 4. The van der Waals surface area contributed by atoms with Gasteiger partial charge in [0, 0.05) is 14.0 Å². The van der Waals surface area contributed by atoms with E-state index in [0.29, 0.717) is 10.5 Å². The van der Waals surface area contributed by atoms with Crippen LogP contribution in [0.1, 0.15) is 15.9 Å². The summed E-state index contributed by atoms with van der Waals surface area (Å²) < 4.78 is 13.0. The van der Waals surface area contributed by atoms with Crippen molar-refractivity contribution in [2.45, 2.75) is 11.8 Å². The van der Waals surface area contributed by atoms with E-state index in [-0.39, 0.29) is 11.5 Å². The molecular formula is C15H13IO2S. The molecule has 2 aromatic rings. The minimum atomic E-state index is -1.28. The third-order valence-electron chi connectivity index (χ3n) is 2.72. The molecule has 0 aromatic heterocycles. The van der Waals surface area contributed by atoms with Crippen molar-refractivity contribution in [3.05, 3.63) is 63.2 Å². The van der Waals surface area contributed by atoms with Crippen LogP contribution in [0.4, 0.5) is 0 Å². The highest BCUT2D eigenvalue weighted by Crippen LogP contribution is 2.15. The molecule has 2 nitrogen and oxygen atoms in total. The van der Waals surface area contributed by atoms with Crippen molar-refractivity contribution in [2.24, 2.45) is 0 Å². The first-order valence-corrected chi connectivity index (χ1v) is 8.20. The monoisotopic (exact) mass is 384 g/mol. The van der Waals surface area contributed by atoms with Gasteiger partial charge in [-0.2, -0.15) is 0 Å². The summed E-state index contributed by atoms with van der Waals surface area (Å²) in [6.07, 6.45) is 0. The first-order chi connectivity index (χ1) is 9.08. The van der Waals surface area contributed by atoms with Crippen LogP contribution in [0.25, 0.3) is 0 Å². The van der Waals surface area contributed by atoms with Crippen LogP contribution in [0.3, 0.4) is 0 Å². The van der Waals surface area contributed by atoms with Crippen LogP contribution < -0.4 is 0 Å². The van der Waals surface area contributed by atoms with E-state index in [4.69, 9.17) is 0 Å². The molecule has 4 heteroatoms. The van der Waals surface area contributed by atoms with Gasteiger partial charge in [0.15, 0.2) is 5.78 Å². The van der Waals surface area contributed by atoms with E-state index in [9.17, 15) is 9.00 Å². The van der Waals surface area contributed by atoms with Crippen LogP contribution >= 0.6 is 22.6 Å². The van der Waals surface area contributed by atoms with Crippen molar-refractivity contribution >= 4 is 39.2 Å². The number of halogens is 1. The molecule has 0 saturated carbocycles. The summed E-state index contributed by atoms with van der Waals surface area (Å²) in [6, 6.07) is 14.8. The van der Waals surface area contributed by atoms with Gasteiger partial charge >= 0.3 is 0 Å². The highest BCUT2D eigenvalue weighted by Gasteiger charge is 2.14. The lowest BCUT2D eigenvalue weighted by Crippen LogP contribution is -2.12. The highest BCUT2D eigenvalue weighted by atomic mass is 127. The summed E-state index contributed by atoms with van der Waals surface area (Å²) in [7, 11) is -1.28. The smallest absolute Gasteiger partial charge is 0.176 e. The summed E-state index contributed by atoms with van der Waals surface area (Å²) >= 11 is 2.12. The van der Waals surface area contributed by atoms with Gasteiger partial charge in [-0.05, 0) is 47.7 Å². The van der Waals surface area contributed by atoms with Crippen molar-refractivity contribution in [3.8, 4) is 0 Å². The number of hydrogen-bond donors (Lipinski definition) is 0. The molecule has 19 heavy (non-hydrogen) atoms. The third-order valence-corrected chi connectivity index (χ3v) is 4.98. The number of ketones is 1. The molecule has 0 radical (unpaired) electrons. The fraction of sp³-hybridized carbons (Fsp3) is 0.133. The van der Waals surface area contributed by atoms with Gasteiger partial charge in [-0.3, -0.25) is 9.00 Å². The lowest BCUT2D eigenvalue weighted by molar-refractivity contribution is 0.102. The van der Waals surface area contributed by atoms with Gasteiger partial charge in [-0.15, -0.1) is 0 Å². The number of hydrogen-bond acceptors (Lipinski definition) is 2. The molecule has 1 unspecified atom stereocenters. The zero-order valence-electron chi connectivity index (χ0n) is 10.4. The Hall–Kier alpha value is -1.01. The Kier molecular flexibility index (Phi) is 4.87. The average molecular weight is 384 g/mol. The molecule has 2 aromatic carbocycles. The van der Waals surface area contributed by atoms with Gasteiger partial charge in [0.25, 0.3) is 0 Å². The lowest BCUT2D eigenvalue weighted by atomic mass is 10.2. The normalized spacial score (nSPS) is 12.1. The van der Waals surface area contributed by atoms with Crippen molar-refractivity contribution in [3.63, 3.8) is 0 Å². The zero-order chi connectivity index (χ0) is 13.8. The Morgan fingerprint density at radius 3 is 2.37 bits per heavy atom. The van der Waals surface area contributed by atoms with Crippen LogP contribution in [0.5, 0.6) is 0 Å². The van der Waals surface area contributed by atoms with E-state index in [2.05, 4.69) is 22.6 Å². The number of benzene rings is 2. The second kappa shape index (κ2) is 6.43. The van der Waals surface area contributed by atoms with E-state index in [1.54, 1.807) is 6.07 Å². The molecule has 0 heterocycles. The molecular weight excluding hydrogens is 371 g/mol. The van der Waals surface area contributed by atoms with Crippen LogP contribution in [-0.4, -0.2) is 15.7 Å². The molecule has 0 aliphatic carbocycles. The van der Waals surface area contributed by atoms with Gasteiger partial charge in [-0.1, -0.05) is 35.9 Å². The molecule has 98 valence electrons. The third kappa shape index (κ3) is 3.73. The maximum absolute atomic E-state index is 12.1. The zero-order valence-corrected chi connectivity index (χ0v) is 13.4.